The highest BCUT2D eigenvalue weighted by Gasteiger charge is 2.26. The van der Waals surface area contributed by atoms with Gasteiger partial charge in [-0.3, -0.25) is 0 Å². The van der Waals surface area contributed by atoms with Crippen LogP contribution < -0.4 is 11.4 Å². The minimum Gasteiger partial charge on any atom is -0.383 e. The Balaban J connectivity index is 2.07. The zero-order valence-corrected chi connectivity index (χ0v) is 13.3. The van der Waals surface area contributed by atoms with Gasteiger partial charge in [0.2, 0.25) is 0 Å². The molecule has 0 unspecified atom stereocenters. The monoisotopic (exact) mass is 324 g/mol. The molecule has 0 radical (unpaired) electrons. The van der Waals surface area contributed by atoms with Crippen molar-refractivity contribution < 1.29 is 4.39 Å². The average molecular weight is 324 g/mol. The Bertz CT molecular complexity index is 1010. The summed E-state index contributed by atoms with van der Waals surface area (Å²) in [6, 6.07) is 9.02. The highest BCUT2D eigenvalue weighted by Crippen LogP contribution is 2.39. The summed E-state index contributed by atoms with van der Waals surface area (Å²) in [6.07, 6.45) is 2.22. The van der Waals surface area contributed by atoms with Crippen LogP contribution in [0.5, 0.6) is 0 Å². The highest BCUT2D eigenvalue weighted by atomic mass is 19.1. The first-order chi connectivity index (χ1) is 11.6. The molecule has 0 saturated heterocycles. The maximum absolute atomic E-state index is 13.2. The number of rotatable bonds is 3. The van der Waals surface area contributed by atoms with E-state index in [1.165, 1.54) is 4.57 Å². The summed E-state index contributed by atoms with van der Waals surface area (Å²) in [4.78, 5) is 21.1. The lowest BCUT2D eigenvalue weighted by Crippen LogP contribution is -2.25. The maximum atomic E-state index is 13.2. The summed E-state index contributed by atoms with van der Waals surface area (Å²) in [6.45, 7) is 1.21. The van der Waals surface area contributed by atoms with Crippen LogP contribution in [0.15, 0.2) is 35.1 Å². The predicted octanol–water partition coefficient (Wildman–Crippen LogP) is 3.02. The molecular formula is C18H17FN4O. The molecule has 5 nitrogen and oxygen atoms in total. The number of alkyl halides is 1. The van der Waals surface area contributed by atoms with E-state index < -0.39 is 12.4 Å². The van der Waals surface area contributed by atoms with Gasteiger partial charge >= 0.3 is 5.69 Å². The molecule has 0 aliphatic heterocycles. The largest absolute Gasteiger partial charge is 0.383 e. The lowest BCUT2D eigenvalue weighted by atomic mass is 10.1. The fraction of sp³-hybridized carbons (Fsp3) is 0.278. The van der Waals surface area contributed by atoms with E-state index in [9.17, 15) is 9.18 Å². The Morgan fingerprint density at radius 3 is 2.75 bits per heavy atom. The van der Waals surface area contributed by atoms with Crippen molar-refractivity contribution in [2.45, 2.75) is 32.4 Å². The van der Waals surface area contributed by atoms with Gasteiger partial charge in [0.05, 0.1) is 11.1 Å². The Kier molecular flexibility index (Phi) is 3.33. The minimum absolute atomic E-state index is 0.167. The van der Waals surface area contributed by atoms with Gasteiger partial charge in [0.15, 0.2) is 5.65 Å². The fourth-order valence-corrected chi connectivity index (χ4v) is 3.02. The summed E-state index contributed by atoms with van der Waals surface area (Å²) in [5.74, 6) is 0.617. The molecular weight excluding hydrogens is 307 g/mol. The molecule has 2 N–H and O–H groups in total. The molecule has 122 valence electrons. The Morgan fingerprint density at radius 1 is 1.25 bits per heavy atom. The normalized spacial score (nSPS) is 14.2. The van der Waals surface area contributed by atoms with E-state index in [2.05, 4.69) is 9.97 Å². The molecule has 0 bridgehead atoms. The van der Waals surface area contributed by atoms with Crippen molar-refractivity contribution in [3.8, 4) is 5.69 Å². The van der Waals surface area contributed by atoms with Crippen LogP contribution in [0, 0.1) is 6.92 Å². The molecule has 4 rings (SSSR count). The standard InChI is InChI=1S/C18H17FN4O/c1-10-12(9-19)3-2-4-15(10)23-17-13(16(20)22-18(23)24)7-8-14(21-17)11-5-6-11/h2-4,7-8,11H,5-6,9H2,1H3,(H2,20,22,24). The van der Waals surface area contributed by atoms with Crippen LogP contribution in [-0.4, -0.2) is 14.5 Å². The molecule has 6 heteroatoms. The summed E-state index contributed by atoms with van der Waals surface area (Å²) in [5.41, 5.74) is 8.69. The second kappa shape index (κ2) is 5.40. The van der Waals surface area contributed by atoms with Crippen molar-refractivity contribution >= 4 is 16.9 Å². The predicted molar refractivity (Wildman–Crippen MR) is 91.1 cm³/mol. The zero-order chi connectivity index (χ0) is 16.8. The summed E-state index contributed by atoms with van der Waals surface area (Å²) in [5, 5.41) is 0.629. The summed E-state index contributed by atoms with van der Waals surface area (Å²) < 4.78 is 14.6. The van der Waals surface area contributed by atoms with E-state index in [0.717, 1.165) is 18.5 Å². The molecule has 2 heterocycles. The van der Waals surface area contributed by atoms with Crippen LogP contribution in [0.4, 0.5) is 10.2 Å². The van der Waals surface area contributed by atoms with Gasteiger partial charge in [0.25, 0.3) is 0 Å². The number of hydrogen-bond donors (Lipinski definition) is 1. The smallest absolute Gasteiger partial charge is 0.355 e. The van der Waals surface area contributed by atoms with E-state index in [1.807, 2.05) is 12.1 Å². The molecule has 2 aromatic heterocycles. The van der Waals surface area contributed by atoms with Gasteiger partial charge in [0, 0.05) is 11.6 Å². The van der Waals surface area contributed by atoms with Gasteiger partial charge < -0.3 is 5.73 Å². The second-order valence-corrected chi connectivity index (χ2v) is 6.19. The van der Waals surface area contributed by atoms with Crippen molar-refractivity contribution in [1.29, 1.82) is 0 Å². The summed E-state index contributed by atoms with van der Waals surface area (Å²) >= 11 is 0. The minimum atomic E-state index is -0.588. The SMILES string of the molecule is Cc1c(CF)cccc1-n1c(=O)nc(N)c2ccc(C3CC3)nc21. The van der Waals surface area contributed by atoms with Gasteiger partial charge in [-0.25, -0.2) is 18.7 Å². The number of anilines is 1. The third kappa shape index (κ3) is 2.26. The van der Waals surface area contributed by atoms with E-state index in [1.54, 1.807) is 25.1 Å². The molecule has 1 aliphatic rings. The fourth-order valence-electron chi connectivity index (χ4n) is 3.02. The lowest BCUT2D eigenvalue weighted by molar-refractivity contribution is 0.483. The van der Waals surface area contributed by atoms with Crippen molar-refractivity contribution in [3.63, 3.8) is 0 Å². The van der Waals surface area contributed by atoms with Gasteiger partial charge in [-0.05, 0) is 49.1 Å². The van der Waals surface area contributed by atoms with E-state index >= 15 is 0 Å². The van der Waals surface area contributed by atoms with E-state index in [0.29, 0.717) is 33.8 Å². The number of benzene rings is 1. The van der Waals surface area contributed by atoms with E-state index in [-0.39, 0.29) is 5.82 Å². The molecule has 0 atom stereocenters. The number of nitrogens with zero attached hydrogens (tertiary/aromatic N) is 3. The van der Waals surface area contributed by atoms with Crippen LogP contribution in [0.3, 0.4) is 0 Å². The third-order valence-electron chi connectivity index (χ3n) is 4.59. The lowest BCUT2D eigenvalue weighted by Gasteiger charge is -2.14. The first-order valence-electron chi connectivity index (χ1n) is 7.94. The number of nitrogen functional groups attached to an aromatic ring is 1. The third-order valence-corrected chi connectivity index (χ3v) is 4.59. The first kappa shape index (κ1) is 14.8. The van der Waals surface area contributed by atoms with Crippen molar-refractivity contribution in [1.82, 2.24) is 14.5 Å². The molecule has 1 aliphatic carbocycles. The molecule has 0 amide bonds. The second-order valence-electron chi connectivity index (χ2n) is 6.19. The Hall–Kier alpha value is -2.76. The van der Waals surface area contributed by atoms with Crippen molar-refractivity contribution in [2.75, 3.05) is 5.73 Å². The Morgan fingerprint density at radius 2 is 2.04 bits per heavy atom. The van der Waals surface area contributed by atoms with Crippen molar-refractivity contribution in [3.05, 3.63) is 57.6 Å². The maximum Gasteiger partial charge on any atom is 0.355 e. The molecule has 1 fully saturated rings. The van der Waals surface area contributed by atoms with Crippen LogP contribution in [0.25, 0.3) is 16.7 Å². The van der Waals surface area contributed by atoms with Crippen LogP contribution >= 0.6 is 0 Å². The van der Waals surface area contributed by atoms with Crippen LogP contribution in [-0.2, 0) is 6.67 Å². The van der Waals surface area contributed by atoms with Gasteiger partial charge in [-0.15, -0.1) is 0 Å². The number of pyridine rings is 1. The number of hydrogen-bond acceptors (Lipinski definition) is 4. The van der Waals surface area contributed by atoms with Crippen LogP contribution in [0.1, 0.15) is 35.6 Å². The number of aromatic nitrogens is 3. The molecule has 24 heavy (non-hydrogen) atoms. The zero-order valence-electron chi connectivity index (χ0n) is 13.3. The van der Waals surface area contributed by atoms with E-state index in [4.69, 9.17) is 5.73 Å². The molecule has 0 spiro atoms. The first-order valence-corrected chi connectivity index (χ1v) is 7.94. The summed E-state index contributed by atoms with van der Waals surface area (Å²) in [7, 11) is 0. The molecule has 1 aromatic carbocycles. The number of fused-ring (bicyclic) bond motifs is 1. The highest BCUT2D eigenvalue weighted by molar-refractivity contribution is 5.86. The van der Waals surface area contributed by atoms with Gasteiger partial charge in [-0.2, -0.15) is 4.98 Å². The number of halogens is 1. The molecule has 1 saturated carbocycles. The Labute approximate surface area is 138 Å². The number of nitrogens with two attached hydrogens (primary N) is 1. The topological polar surface area (TPSA) is 73.8 Å². The molecule has 3 aromatic rings. The van der Waals surface area contributed by atoms with Crippen molar-refractivity contribution in [2.24, 2.45) is 0 Å². The van der Waals surface area contributed by atoms with Gasteiger partial charge in [-0.1, -0.05) is 12.1 Å². The quantitative estimate of drug-likeness (QED) is 0.803. The van der Waals surface area contributed by atoms with Gasteiger partial charge in [0.1, 0.15) is 12.5 Å². The average Bonchev–Trinajstić information content (AvgIpc) is 3.41. The van der Waals surface area contributed by atoms with Crippen LogP contribution in [0.2, 0.25) is 0 Å².